The van der Waals surface area contributed by atoms with Gasteiger partial charge in [-0.15, -0.1) is 0 Å². The van der Waals surface area contributed by atoms with E-state index in [9.17, 15) is 4.79 Å². The van der Waals surface area contributed by atoms with Gasteiger partial charge >= 0.3 is 5.97 Å². The number of hydrogen-bond acceptors (Lipinski definition) is 3. The molecule has 0 rings (SSSR count). The second kappa shape index (κ2) is 3.93. The molecule has 0 saturated heterocycles. The van der Waals surface area contributed by atoms with Gasteiger partial charge in [0.25, 0.3) is 0 Å². The van der Waals surface area contributed by atoms with E-state index in [-0.39, 0.29) is 5.03 Å². The van der Waals surface area contributed by atoms with E-state index in [1.807, 2.05) is 0 Å². The minimum Gasteiger partial charge on any atom is -0.466 e. The Morgan fingerprint density at radius 2 is 2.44 bits per heavy atom. The summed E-state index contributed by atoms with van der Waals surface area (Å²) in [5, 5.41) is 7.84. The molecule has 48 valence electrons. The molecule has 3 nitrogen and oxygen atoms in total. The lowest BCUT2D eigenvalue weighted by Gasteiger charge is -1.86. The van der Waals surface area contributed by atoms with E-state index in [4.69, 9.17) is 16.9 Å². The van der Waals surface area contributed by atoms with E-state index in [1.165, 1.54) is 7.11 Å². The minimum atomic E-state index is -0.624. The maximum Gasteiger partial charge on any atom is 0.332 e. The summed E-state index contributed by atoms with van der Waals surface area (Å²) in [5.74, 6) is -0.624. The lowest BCUT2D eigenvalue weighted by molar-refractivity contribution is -0.134. The van der Waals surface area contributed by atoms with Crippen LogP contribution in [0.2, 0.25) is 0 Å². The van der Waals surface area contributed by atoms with Crippen LogP contribution in [-0.4, -0.2) is 13.1 Å². The highest BCUT2D eigenvalue weighted by Crippen LogP contribution is 1.97. The Balaban J connectivity index is 4.00. The van der Waals surface area contributed by atoms with E-state index in [0.717, 1.165) is 6.08 Å². The third-order valence-electron chi connectivity index (χ3n) is 0.553. The number of rotatable bonds is 1. The second-order valence-electron chi connectivity index (χ2n) is 1.13. The van der Waals surface area contributed by atoms with E-state index in [0.29, 0.717) is 0 Å². The number of nitrogens with zero attached hydrogens (tertiary/aromatic N) is 1. The molecule has 0 spiro atoms. The number of carbonyl (C=O) groups is 1. The number of carbonyl (C=O) groups excluding carboxylic acids is 1. The lowest BCUT2D eigenvalue weighted by Crippen LogP contribution is -1.94. The molecule has 0 heterocycles. The Bertz CT molecular complexity index is 180. The topological polar surface area (TPSA) is 50.1 Å². The van der Waals surface area contributed by atoms with Gasteiger partial charge in [-0.05, 0) is 0 Å². The van der Waals surface area contributed by atoms with Crippen LogP contribution in [0.4, 0.5) is 0 Å². The van der Waals surface area contributed by atoms with Gasteiger partial charge < -0.3 is 4.74 Å². The summed E-state index contributed by atoms with van der Waals surface area (Å²) in [6, 6.07) is 1.56. The zero-order valence-corrected chi connectivity index (χ0v) is 5.47. The van der Waals surface area contributed by atoms with Crippen LogP contribution in [-0.2, 0) is 9.53 Å². The lowest BCUT2D eigenvalue weighted by atomic mass is 10.5. The first-order valence-electron chi connectivity index (χ1n) is 2.06. The Labute approximate surface area is 57.5 Å². The summed E-state index contributed by atoms with van der Waals surface area (Å²) in [7, 11) is 1.21. The maximum atomic E-state index is 10.2. The first kappa shape index (κ1) is 7.99. The Hall–Kier alpha value is -1.01. The van der Waals surface area contributed by atoms with Crippen molar-refractivity contribution in [2.45, 2.75) is 0 Å². The quantitative estimate of drug-likeness (QED) is 0.312. The summed E-state index contributed by atoms with van der Waals surface area (Å²) < 4.78 is 4.17. The smallest absolute Gasteiger partial charge is 0.332 e. The molecular weight excluding hydrogens is 142 g/mol. The van der Waals surface area contributed by atoms with Crippen molar-refractivity contribution < 1.29 is 9.53 Å². The largest absolute Gasteiger partial charge is 0.466 e. The molecule has 0 N–H and O–H groups in total. The fourth-order valence-corrected chi connectivity index (χ4v) is 0.284. The van der Waals surface area contributed by atoms with Crippen molar-refractivity contribution in [1.82, 2.24) is 0 Å². The second-order valence-corrected chi connectivity index (χ2v) is 1.53. The van der Waals surface area contributed by atoms with Gasteiger partial charge in [-0.1, -0.05) is 11.6 Å². The summed E-state index contributed by atoms with van der Waals surface area (Å²) in [4.78, 5) is 10.2. The molecule has 0 aromatic rings. The number of halogens is 1. The number of nitriles is 1. The van der Waals surface area contributed by atoms with E-state index >= 15 is 0 Å². The molecule has 4 heteroatoms. The minimum absolute atomic E-state index is 0.179. The fourth-order valence-electron chi connectivity index (χ4n) is 0.195. The molecule has 0 radical (unpaired) electrons. The summed E-state index contributed by atoms with van der Waals surface area (Å²) >= 11 is 5.14. The zero-order chi connectivity index (χ0) is 7.28. The van der Waals surface area contributed by atoms with Gasteiger partial charge in [0.15, 0.2) is 0 Å². The third kappa shape index (κ3) is 3.56. The molecule has 0 unspecified atom stereocenters. The zero-order valence-electron chi connectivity index (χ0n) is 4.72. The Morgan fingerprint density at radius 3 is 2.78 bits per heavy atom. The molecule has 0 aliphatic heterocycles. The van der Waals surface area contributed by atoms with Crippen LogP contribution in [0.5, 0.6) is 0 Å². The third-order valence-corrected chi connectivity index (χ3v) is 0.746. The van der Waals surface area contributed by atoms with Gasteiger partial charge in [-0.2, -0.15) is 5.26 Å². The van der Waals surface area contributed by atoms with Crippen molar-refractivity contribution in [1.29, 1.82) is 5.26 Å². The van der Waals surface area contributed by atoms with E-state index in [2.05, 4.69) is 4.74 Å². The highest BCUT2D eigenvalue weighted by Gasteiger charge is 1.94. The predicted octanol–water partition coefficient (Wildman–Crippen LogP) is 0.806. The van der Waals surface area contributed by atoms with Gasteiger partial charge in [0.05, 0.1) is 13.2 Å². The number of methoxy groups -OCH3 is 1. The van der Waals surface area contributed by atoms with Gasteiger partial charge in [-0.25, -0.2) is 4.79 Å². The first-order valence-corrected chi connectivity index (χ1v) is 2.43. The predicted molar refractivity (Wildman–Crippen MR) is 31.6 cm³/mol. The number of esters is 1. The summed E-state index contributed by atoms with van der Waals surface area (Å²) in [6.07, 6.45) is 0.904. The van der Waals surface area contributed by atoms with Gasteiger partial charge in [-0.3, -0.25) is 0 Å². The van der Waals surface area contributed by atoms with Crippen molar-refractivity contribution in [2.75, 3.05) is 7.11 Å². The number of ether oxygens (including phenoxy) is 1. The average Bonchev–Trinajstić information content (AvgIpc) is 1.87. The highest BCUT2D eigenvalue weighted by atomic mass is 35.5. The Kier molecular flexibility index (Phi) is 3.49. The molecule has 0 aromatic carbocycles. The van der Waals surface area contributed by atoms with Crippen LogP contribution in [0.3, 0.4) is 0 Å². The standard InChI is InChI=1S/C5H4ClNO2/c1-9-5(8)2-4(6)3-7/h2H,1H3/b4-2-. The highest BCUT2D eigenvalue weighted by molar-refractivity contribution is 6.33. The van der Waals surface area contributed by atoms with E-state index < -0.39 is 5.97 Å². The summed E-state index contributed by atoms with van der Waals surface area (Å²) in [6.45, 7) is 0. The number of hydrogen-bond donors (Lipinski definition) is 0. The maximum absolute atomic E-state index is 10.2. The van der Waals surface area contributed by atoms with Crippen molar-refractivity contribution in [3.05, 3.63) is 11.1 Å². The van der Waals surface area contributed by atoms with Crippen LogP contribution >= 0.6 is 11.6 Å². The van der Waals surface area contributed by atoms with Crippen LogP contribution < -0.4 is 0 Å². The Morgan fingerprint density at radius 1 is 1.89 bits per heavy atom. The van der Waals surface area contributed by atoms with Crippen molar-refractivity contribution >= 4 is 17.6 Å². The molecule has 9 heavy (non-hydrogen) atoms. The van der Waals surface area contributed by atoms with Gasteiger partial charge in [0.1, 0.15) is 11.1 Å². The monoisotopic (exact) mass is 145 g/mol. The molecule has 0 aromatic heterocycles. The molecule has 0 aliphatic carbocycles. The fraction of sp³-hybridized carbons (Fsp3) is 0.200. The van der Waals surface area contributed by atoms with Gasteiger partial charge in [0.2, 0.25) is 0 Å². The molecule has 0 fully saturated rings. The normalized spacial score (nSPS) is 10.1. The molecule has 0 saturated carbocycles. The molecule has 0 amide bonds. The van der Waals surface area contributed by atoms with Crippen LogP contribution in [0.25, 0.3) is 0 Å². The molecule has 0 atom stereocenters. The summed E-state index contributed by atoms with van der Waals surface area (Å²) in [5.41, 5.74) is 0. The molecule has 0 aliphatic rings. The molecular formula is C5H4ClNO2. The van der Waals surface area contributed by atoms with Crippen LogP contribution in [0.1, 0.15) is 0 Å². The average molecular weight is 146 g/mol. The van der Waals surface area contributed by atoms with E-state index in [1.54, 1.807) is 6.07 Å². The van der Waals surface area contributed by atoms with Crippen molar-refractivity contribution in [3.63, 3.8) is 0 Å². The SMILES string of the molecule is COC(=O)/C=C(\Cl)C#N. The number of allylic oxidation sites excluding steroid dienone is 1. The van der Waals surface area contributed by atoms with Gasteiger partial charge in [0, 0.05) is 0 Å². The van der Waals surface area contributed by atoms with Crippen molar-refractivity contribution in [2.24, 2.45) is 0 Å². The molecule has 0 bridgehead atoms. The van der Waals surface area contributed by atoms with Crippen LogP contribution in [0, 0.1) is 11.3 Å². The van der Waals surface area contributed by atoms with Crippen LogP contribution in [0.15, 0.2) is 11.1 Å². The van der Waals surface area contributed by atoms with Crippen molar-refractivity contribution in [3.8, 4) is 6.07 Å². The first-order chi connectivity index (χ1) is 4.20.